The van der Waals surface area contributed by atoms with E-state index in [0.29, 0.717) is 22.2 Å². The second kappa shape index (κ2) is 9.39. The zero-order valence-corrected chi connectivity index (χ0v) is 18.1. The zero-order valence-electron chi connectivity index (χ0n) is 17.3. The number of fused-ring (bicyclic) bond motifs is 1. The van der Waals surface area contributed by atoms with Crippen molar-refractivity contribution in [1.82, 2.24) is 9.97 Å². The lowest BCUT2D eigenvalue weighted by atomic mass is 9.77. The first-order valence-electron chi connectivity index (χ1n) is 10.0. The van der Waals surface area contributed by atoms with Crippen LogP contribution in [0.2, 0.25) is 0 Å². The molecule has 0 saturated heterocycles. The quantitative estimate of drug-likeness (QED) is 0.315. The Morgan fingerprint density at radius 3 is 2.59 bits per heavy atom. The number of carbonyl (C=O) groups is 1. The van der Waals surface area contributed by atoms with Crippen LogP contribution in [0.3, 0.4) is 0 Å². The van der Waals surface area contributed by atoms with E-state index < -0.39 is 11.8 Å². The van der Waals surface area contributed by atoms with Crippen molar-refractivity contribution in [2.75, 3.05) is 12.4 Å². The largest absolute Gasteiger partial charge is 0.465 e. The number of rotatable bonds is 7. The zero-order chi connectivity index (χ0) is 21.0. The number of nitrogens with zero attached hydrogens (tertiary/aromatic N) is 2. The van der Waals surface area contributed by atoms with Crippen LogP contribution in [-0.4, -0.2) is 34.0 Å². The van der Waals surface area contributed by atoms with Gasteiger partial charge in [0.05, 0.1) is 12.2 Å². The number of ether oxygens (including phenoxy) is 1. The Labute approximate surface area is 175 Å². The molecular formula is C22H27N3O3S. The molecule has 0 spiro atoms. The Kier molecular flexibility index (Phi) is 6.90. The molecule has 1 aromatic heterocycles. The molecule has 7 heteroatoms. The summed E-state index contributed by atoms with van der Waals surface area (Å²) in [5, 5.41) is 0.566. The van der Waals surface area contributed by atoms with Gasteiger partial charge in [-0.15, -0.1) is 0 Å². The fraction of sp³-hybridized carbons (Fsp3) is 0.455. The van der Waals surface area contributed by atoms with Gasteiger partial charge in [0.1, 0.15) is 5.92 Å². The number of nitrogens with one attached hydrogen (secondary N) is 1. The molecule has 0 bridgehead atoms. The van der Waals surface area contributed by atoms with Gasteiger partial charge >= 0.3 is 5.97 Å². The molecule has 1 aliphatic rings. The molecule has 0 aliphatic carbocycles. The molecule has 1 aromatic carbocycles. The lowest BCUT2D eigenvalue weighted by Gasteiger charge is -2.30. The highest BCUT2D eigenvalue weighted by Gasteiger charge is 2.41. The maximum atomic E-state index is 13.1. The number of benzene rings is 1. The first-order valence-corrected chi connectivity index (χ1v) is 11.0. The summed E-state index contributed by atoms with van der Waals surface area (Å²) in [4.78, 5) is 37.9. The molecule has 3 rings (SSSR count). The number of esters is 1. The van der Waals surface area contributed by atoms with Gasteiger partial charge < -0.3 is 9.72 Å². The average molecular weight is 414 g/mol. The van der Waals surface area contributed by atoms with E-state index in [1.807, 2.05) is 31.2 Å². The number of carbonyl (C=O) groups excluding carboxylic acids is 1. The van der Waals surface area contributed by atoms with E-state index in [0.717, 1.165) is 29.7 Å². The summed E-state index contributed by atoms with van der Waals surface area (Å²) in [7, 11) is 0. The predicted octanol–water partition coefficient (Wildman–Crippen LogP) is 4.39. The lowest BCUT2D eigenvalue weighted by molar-refractivity contribution is -0.146. The number of aliphatic imine (C=N–C) groups is 1. The number of hydrogen-bond donors (Lipinski definition) is 1. The van der Waals surface area contributed by atoms with Crippen LogP contribution in [0.1, 0.15) is 56.2 Å². The lowest BCUT2D eigenvalue weighted by Crippen LogP contribution is -2.36. The first kappa shape index (κ1) is 21.3. The van der Waals surface area contributed by atoms with E-state index in [-0.39, 0.29) is 18.1 Å². The molecule has 154 valence electrons. The summed E-state index contributed by atoms with van der Waals surface area (Å²) < 4.78 is 5.31. The minimum atomic E-state index is -0.647. The highest BCUT2D eigenvalue weighted by atomic mass is 32.2. The minimum absolute atomic E-state index is 0.245. The maximum absolute atomic E-state index is 13.1. The van der Waals surface area contributed by atoms with Gasteiger partial charge in [-0.25, -0.2) is 9.98 Å². The van der Waals surface area contributed by atoms with E-state index >= 15 is 0 Å². The normalized spacial score (nSPS) is 18.1. The van der Waals surface area contributed by atoms with E-state index in [1.165, 1.54) is 11.8 Å². The van der Waals surface area contributed by atoms with Gasteiger partial charge in [-0.05, 0) is 32.8 Å². The number of H-pyrrole nitrogens is 1. The van der Waals surface area contributed by atoms with Crippen LogP contribution in [0, 0.1) is 12.8 Å². The van der Waals surface area contributed by atoms with E-state index in [2.05, 4.69) is 21.9 Å². The molecule has 0 radical (unpaired) electrons. The topological polar surface area (TPSA) is 84.4 Å². The van der Waals surface area contributed by atoms with Crippen molar-refractivity contribution < 1.29 is 9.53 Å². The number of hydrogen-bond acceptors (Lipinski definition) is 6. The Balaban J connectivity index is 2.12. The van der Waals surface area contributed by atoms with Crippen LogP contribution in [-0.2, 0) is 9.53 Å². The molecule has 2 atom stereocenters. The molecule has 0 fully saturated rings. The number of aromatic amines is 1. The molecule has 29 heavy (non-hydrogen) atoms. The fourth-order valence-electron chi connectivity index (χ4n) is 3.51. The van der Waals surface area contributed by atoms with Crippen molar-refractivity contribution in [3.8, 4) is 0 Å². The van der Waals surface area contributed by atoms with Gasteiger partial charge in [0.25, 0.3) is 5.56 Å². The molecule has 0 saturated carbocycles. The van der Waals surface area contributed by atoms with Gasteiger partial charge in [-0.3, -0.25) is 9.59 Å². The van der Waals surface area contributed by atoms with Crippen LogP contribution in [0.25, 0.3) is 0 Å². The number of unbranched alkanes of at least 4 members (excludes halogenated alkanes) is 1. The van der Waals surface area contributed by atoms with Crippen LogP contribution in [0.4, 0.5) is 5.82 Å². The molecule has 2 heterocycles. The fourth-order valence-corrected chi connectivity index (χ4v) is 4.46. The highest BCUT2D eigenvalue weighted by Crippen LogP contribution is 2.40. The number of aromatic nitrogens is 2. The molecule has 1 aliphatic heterocycles. The van der Waals surface area contributed by atoms with Gasteiger partial charge in [0, 0.05) is 17.4 Å². The van der Waals surface area contributed by atoms with E-state index in [9.17, 15) is 9.59 Å². The van der Waals surface area contributed by atoms with Crippen LogP contribution < -0.4 is 5.56 Å². The van der Waals surface area contributed by atoms with Gasteiger partial charge in [-0.2, -0.15) is 0 Å². The standard InChI is InChI=1S/C22H27N3O3S/c1-5-7-12-29-22-24-19-18(20(26)25-22)17(15-10-8-13(3)9-11-15)16(14(4)23-19)21(27)28-6-2/h8-11,16-17H,5-7,12H2,1-4H3,(H,24,25,26). The molecule has 2 aromatic rings. The summed E-state index contributed by atoms with van der Waals surface area (Å²) in [5.74, 6) is -0.213. The predicted molar refractivity (Wildman–Crippen MR) is 116 cm³/mol. The van der Waals surface area contributed by atoms with E-state index in [4.69, 9.17) is 4.74 Å². The Morgan fingerprint density at radius 2 is 1.93 bits per heavy atom. The Morgan fingerprint density at radius 1 is 1.21 bits per heavy atom. The summed E-state index contributed by atoms with van der Waals surface area (Å²) >= 11 is 1.52. The maximum Gasteiger partial charge on any atom is 0.315 e. The molecular weight excluding hydrogens is 386 g/mol. The minimum Gasteiger partial charge on any atom is -0.465 e. The molecule has 1 N–H and O–H groups in total. The smallest absolute Gasteiger partial charge is 0.315 e. The summed E-state index contributed by atoms with van der Waals surface area (Å²) in [6.45, 7) is 7.98. The highest BCUT2D eigenvalue weighted by molar-refractivity contribution is 7.99. The van der Waals surface area contributed by atoms with Crippen molar-refractivity contribution in [1.29, 1.82) is 0 Å². The monoisotopic (exact) mass is 413 g/mol. The third-order valence-corrected chi connectivity index (χ3v) is 5.96. The SMILES string of the molecule is CCCCSc1nc2c(c(=O)[nH]1)C(c1ccc(C)cc1)C(C(=O)OCC)C(C)=N2. The van der Waals surface area contributed by atoms with E-state index in [1.54, 1.807) is 13.8 Å². The Bertz CT molecular complexity index is 966. The van der Waals surface area contributed by atoms with Crippen molar-refractivity contribution in [3.63, 3.8) is 0 Å². The first-order chi connectivity index (χ1) is 14.0. The number of thioether (sulfide) groups is 1. The third-order valence-electron chi connectivity index (χ3n) is 5.00. The second-order valence-corrected chi connectivity index (χ2v) is 8.27. The van der Waals surface area contributed by atoms with Crippen molar-refractivity contribution in [2.24, 2.45) is 10.9 Å². The molecule has 2 unspecified atom stereocenters. The van der Waals surface area contributed by atoms with Crippen LogP contribution in [0.15, 0.2) is 39.2 Å². The van der Waals surface area contributed by atoms with Gasteiger partial charge in [0.2, 0.25) is 0 Å². The number of aryl methyl sites for hydroxylation is 1. The van der Waals surface area contributed by atoms with Gasteiger partial charge in [0.15, 0.2) is 11.0 Å². The van der Waals surface area contributed by atoms with Crippen LogP contribution in [0.5, 0.6) is 0 Å². The molecule has 6 nitrogen and oxygen atoms in total. The van der Waals surface area contributed by atoms with Crippen LogP contribution >= 0.6 is 11.8 Å². The summed E-state index contributed by atoms with van der Waals surface area (Å²) in [6.07, 6.45) is 2.13. The summed E-state index contributed by atoms with van der Waals surface area (Å²) in [5.41, 5.74) is 2.78. The third kappa shape index (κ3) is 4.61. The second-order valence-electron chi connectivity index (χ2n) is 7.18. The van der Waals surface area contributed by atoms with Crippen molar-refractivity contribution >= 4 is 29.3 Å². The van der Waals surface area contributed by atoms with Crippen molar-refractivity contribution in [3.05, 3.63) is 51.3 Å². The Hall–Kier alpha value is -2.41. The van der Waals surface area contributed by atoms with Crippen molar-refractivity contribution in [2.45, 2.75) is 51.6 Å². The summed E-state index contributed by atoms with van der Waals surface area (Å²) in [6, 6.07) is 7.87. The average Bonchev–Trinajstić information content (AvgIpc) is 2.68. The molecule has 0 amide bonds. The van der Waals surface area contributed by atoms with Gasteiger partial charge in [-0.1, -0.05) is 54.9 Å².